The lowest BCUT2D eigenvalue weighted by atomic mass is 9.92. The molecule has 1 unspecified atom stereocenters. The molecule has 5 N–H and O–H groups in total. The van der Waals surface area contributed by atoms with Crippen molar-refractivity contribution in [3.05, 3.63) is 35.9 Å². The van der Waals surface area contributed by atoms with Crippen molar-refractivity contribution in [3.8, 4) is 0 Å². The van der Waals surface area contributed by atoms with E-state index in [-0.39, 0.29) is 24.6 Å². The number of aromatic nitrogens is 4. The maximum Gasteiger partial charge on any atom is 0.408 e. The molecule has 3 amide bonds. The standard InChI is InChI=1S/C25H38FN9O4/c1-24(2,3)39-23(38)29-18(15-17-11-7-6-8-12-17)20(36)30-25(4,13-9-10-14-28-19(27)16-26)21(37)35(5)22-31-33-34-32-22/h6-8,11-12,18H,9-10,13-16H2,1-5H3,(H2,27,28)(H,29,38)(H,30,36)(H,31,32,33,34)/t18-,25?/m0/s1. The number of carbonyl (C=O) groups is 3. The van der Waals surface area contributed by atoms with Gasteiger partial charge in [0.05, 0.1) is 0 Å². The number of hydrogen-bond donors (Lipinski definition) is 5. The molecule has 1 heterocycles. The van der Waals surface area contributed by atoms with Gasteiger partial charge in [-0.15, -0.1) is 0 Å². The van der Waals surface area contributed by atoms with E-state index in [1.807, 2.05) is 30.3 Å². The van der Waals surface area contributed by atoms with Gasteiger partial charge in [0, 0.05) is 20.0 Å². The zero-order chi connectivity index (χ0) is 29.1. The second kappa shape index (κ2) is 14.2. The van der Waals surface area contributed by atoms with Crippen molar-refractivity contribution >= 4 is 29.7 Å². The average molecular weight is 548 g/mol. The highest BCUT2D eigenvalue weighted by molar-refractivity contribution is 6.01. The maximum atomic E-state index is 13.6. The molecule has 214 valence electrons. The van der Waals surface area contributed by atoms with Crippen molar-refractivity contribution in [3.63, 3.8) is 0 Å². The maximum absolute atomic E-state index is 13.6. The molecule has 0 aliphatic rings. The van der Waals surface area contributed by atoms with Gasteiger partial charge in [-0.1, -0.05) is 35.4 Å². The van der Waals surface area contributed by atoms with E-state index in [1.54, 1.807) is 27.7 Å². The van der Waals surface area contributed by atoms with Crippen LogP contribution in [0.25, 0.3) is 0 Å². The number of likely N-dealkylation sites (N-methyl/N-ethyl adjacent to an activating group) is 1. The normalized spacial score (nSPS) is 13.5. The molecule has 0 bridgehead atoms. The van der Waals surface area contributed by atoms with E-state index in [0.717, 1.165) is 5.56 Å². The van der Waals surface area contributed by atoms with Crippen LogP contribution >= 0.6 is 0 Å². The Hall–Kier alpha value is -4.10. The number of rotatable bonds is 13. The molecule has 0 spiro atoms. The van der Waals surface area contributed by atoms with Crippen LogP contribution in [-0.4, -0.2) is 81.8 Å². The van der Waals surface area contributed by atoms with Crippen molar-refractivity contribution in [2.45, 2.75) is 70.6 Å². The monoisotopic (exact) mass is 547 g/mol. The van der Waals surface area contributed by atoms with Gasteiger partial charge in [0.2, 0.25) is 11.9 Å². The Bertz CT molecular complexity index is 1090. The van der Waals surface area contributed by atoms with E-state index >= 15 is 0 Å². The topological polar surface area (TPSA) is 178 Å². The molecule has 13 nitrogen and oxygen atoms in total. The number of aromatic amines is 1. The number of halogens is 1. The van der Waals surface area contributed by atoms with Gasteiger partial charge in [-0.2, -0.15) is 0 Å². The summed E-state index contributed by atoms with van der Waals surface area (Å²) in [5.41, 5.74) is -1.40. The molecule has 0 fully saturated rings. The number of alkyl carbamates (subject to hydrolysis) is 1. The first kappa shape index (κ1) is 31.1. The van der Waals surface area contributed by atoms with Crippen LogP contribution in [0, 0.1) is 5.41 Å². The van der Waals surface area contributed by atoms with Crippen LogP contribution in [0.2, 0.25) is 0 Å². The van der Waals surface area contributed by atoms with E-state index in [9.17, 15) is 18.8 Å². The molecule has 2 atom stereocenters. The number of tetrazole rings is 1. The predicted octanol–water partition coefficient (Wildman–Crippen LogP) is 1.88. The molecule has 1 aromatic carbocycles. The van der Waals surface area contributed by atoms with E-state index in [2.05, 4.69) is 36.6 Å². The number of hydrogen-bond acceptors (Lipinski definition) is 8. The fourth-order valence-corrected chi connectivity index (χ4v) is 3.74. The molecule has 14 heteroatoms. The first-order chi connectivity index (χ1) is 18.3. The van der Waals surface area contributed by atoms with Gasteiger partial charge in [-0.05, 0) is 62.9 Å². The number of H-pyrrole nitrogens is 1. The van der Waals surface area contributed by atoms with Crippen molar-refractivity contribution < 1.29 is 23.5 Å². The van der Waals surface area contributed by atoms with Crippen LogP contribution in [0.15, 0.2) is 30.3 Å². The lowest BCUT2D eigenvalue weighted by Gasteiger charge is -2.34. The number of benzene rings is 1. The summed E-state index contributed by atoms with van der Waals surface area (Å²) in [6, 6.07) is 8.10. The SMILES string of the molecule is CN(C(=O)C(C)(CCCCNC(=N)CF)NC(=O)[C@H](Cc1ccccc1)NC(=O)OC(C)(C)C)c1nnn[nH]1. The zero-order valence-corrected chi connectivity index (χ0v) is 23.0. The van der Waals surface area contributed by atoms with Gasteiger partial charge in [0.15, 0.2) is 0 Å². The van der Waals surface area contributed by atoms with Crippen molar-refractivity contribution in [2.75, 3.05) is 25.2 Å². The quantitative estimate of drug-likeness (QED) is 0.143. The van der Waals surface area contributed by atoms with Crippen LogP contribution in [0.3, 0.4) is 0 Å². The summed E-state index contributed by atoms with van der Waals surface area (Å²) in [5, 5.41) is 28.8. The van der Waals surface area contributed by atoms with Gasteiger partial charge < -0.3 is 20.7 Å². The van der Waals surface area contributed by atoms with Gasteiger partial charge in [0.25, 0.3) is 5.91 Å². The van der Waals surface area contributed by atoms with Crippen LogP contribution in [0.4, 0.5) is 15.1 Å². The summed E-state index contributed by atoms with van der Waals surface area (Å²) in [7, 11) is 1.47. The first-order valence-corrected chi connectivity index (χ1v) is 12.6. The summed E-state index contributed by atoms with van der Waals surface area (Å²) < 4.78 is 17.9. The van der Waals surface area contributed by atoms with Gasteiger partial charge in [-0.25, -0.2) is 14.3 Å². The fraction of sp³-hybridized carbons (Fsp3) is 0.560. The van der Waals surface area contributed by atoms with E-state index in [0.29, 0.717) is 19.4 Å². The number of nitrogens with zero attached hydrogens (tertiary/aromatic N) is 4. The molecule has 39 heavy (non-hydrogen) atoms. The van der Waals surface area contributed by atoms with Crippen LogP contribution < -0.4 is 20.9 Å². The Morgan fingerprint density at radius 1 is 1.15 bits per heavy atom. The van der Waals surface area contributed by atoms with Crippen LogP contribution in [0.1, 0.15) is 52.5 Å². The molecule has 2 aromatic rings. The van der Waals surface area contributed by atoms with Crippen LogP contribution in [-0.2, 0) is 20.7 Å². The average Bonchev–Trinajstić information content (AvgIpc) is 3.41. The number of unbranched alkanes of at least 4 members (excludes halogenated alkanes) is 1. The Morgan fingerprint density at radius 3 is 2.44 bits per heavy atom. The predicted molar refractivity (Wildman–Crippen MR) is 143 cm³/mol. The second-order valence-electron chi connectivity index (χ2n) is 10.3. The third-order valence-corrected chi connectivity index (χ3v) is 5.69. The summed E-state index contributed by atoms with van der Waals surface area (Å²) >= 11 is 0. The number of alkyl halides is 1. The Kier molecular flexibility index (Phi) is 11.3. The molecule has 1 aromatic heterocycles. The number of nitrogens with one attached hydrogen (secondary N) is 5. The van der Waals surface area contributed by atoms with Gasteiger partial charge in [-0.3, -0.25) is 19.9 Å². The molecular weight excluding hydrogens is 509 g/mol. The van der Waals surface area contributed by atoms with E-state index in [1.165, 1.54) is 11.9 Å². The minimum absolute atomic E-state index is 0.0891. The Balaban J connectivity index is 2.25. The van der Waals surface area contributed by atoms with Crippen molar-refractivity contribution in [1.29, 1.82) is 5.41 Å². The minimum atomic E-state index is -1.42. The number of carbonyl (C=O) groups excluding carboxylic acids is 3. The van der Waals surface area contributed by atoms with Crippen LogP contribution in [0.5, 0.6) is 0 Å². The first-order valence-electron chi connectivity index (χ1n) is 12.6. The summed E-state index contributed by atoms with van der Waals surface area (Å²) in [6.07, 6.45) is 0.572. The van der Waals surface area contributed by atoms with Gasteiger partial charge >= 0.3 is 6.09 Å². The van der Waals surface area contributed by atoms with E-state index < -0.39 is 41.8 Å². The Labute approximate surface area is 227 Å². The highest BCUT2D eigenvalue weighted by Crippen LogP contribution is 2.20. The molecule has 0 aliphatic carbocycles. The molecule has 0 saturated carbocycles. The fourth-order valence-electron chi connectivity index (χ4n) is 3.74. The van der Waals surface area contributed by atoms with Crippen molar-refractivity contribution in [2.24, 2.45) is 0 Å². The number of ether oxygens (including phenoxy) is 1. The lowest BCUT2D eigenvalue weighted by molar-refractivity contribution is -0.132. The molecule has 0 aliphatic heterocycles. The summed E-state index contributed by atoms with van der Waals surface area (Å²) in [4.78, 5) is 41.0. The summed E-state index contributed by atoms with van der Waals surface area (Å²) in [6.45, 7) is 6.17. The smallest absolute Gasteiger partial charge is 0.408 e. The highest BCUT2D eigenvalue weighted by atomic mass is 19.1. The molecule has 0 saturated heterocycles. The minimum Gasteiger partial charge on any atom is -0.444 e. The third-order valence-electron chi connectivity index (χ3n) is 5.69. The number of amidine groups is 1. The lowest BCUT2D eigenvalue weighted by Crippen LogP contribution is -2.61. The largest absolute Gasteiger partial charge is 0.444 e. The zero-order valence-electron chi connectivity index (χ0n) is 23.0. The molecule has 2 rings (SSSR count). The second-order valence-corrected chi connectivity index (χ2v) is 10.3. The van der Waals surface area contributed by atoms with Crippen molar-refractivity contribution in [1.82, 2.24) is 36.6 Å². The van der Waals surface area contributed by atoms with Gasteiger partial charge in [0.1, 0.15) is 29.7 Å². The van der Waals surface area contributed by atoms with E-state index in [4.69, 9.17) is 10.1 Å². The molecule has 0 radical (unpaired) electrons. The number of anilines is 1. The Morgan fingerprint density at radius 2 is 1.85 bits per heavy atom. The number of amides is 3. The molecular formula is C25H38FN9O4. The summed E-state index contributed by atoms with van der Waals surface area (Å²) in [5.74, 6) is -1.21. The highest BCUT2D eigenvalue weighted by Gasteiger charge is 2.40. The third kappa shape index (κ3) is 10.3.